The molecule has 1 aromatic heterocycles. The highest BCUT2D eigenvalue weighted by molar-refractivity contribution is 6.42. The van der Waals surface area contributed by atoms with Crippen LogP contribution in [0.5, 0.6) is 0 Å². The third-order valence-electron chi connectivity index (χ3n) is 6.05. The first-order chi connectivity index (χ1) is 15.7. The second-order valence-corrected chi connectivity index (χ2v) is 9.13. The van der Waals surface area contributed by atoms with Gasteiger partial charge in [0.25, 0.3) is 5.91 Å². The molecule has 0 spiro atoms. The molecule has 2 aliphatic heterocycles. The lowest BCUT2D eigenvalue weighted by Gasteiger charge is -2.41. The second-order valence-electron chi connectivity index (χ2n) is 8.32. The van der Waals surface area contributed by atoms with Crippen LogP contribution in [0.3, 0.4) is 0 Å². The number of rotatable bonds is 5. The van der Waals surface area contributed by atoms with E-state index in [0.29, 0.717) is 35.4 Å². The van der Waals surface area contributed by atoms with Crippen LogP contribution in [-0.2, 0) is 15.1 Å². The molecule has 11 heteroatoms. The zero-order chi connectivity index (χ0) is 23.8. The van der Waals surface area contributed by atoms with E-state index in [1.54, 1.807) is 24.0 Å². The molecule has 0 aliphatic carbocycles. The Hall–Kier alpha value is -2.91. The Morgan fingerprint density at radius 1 is 1.21 bits per heavy atom. The van der Waals surface area contributed by atoms with Crippen molar-refractivity contribution in [1.82, 2.24) is 25.5 Å². The Balaban J connectivity index is 1.44. The number of aromatic nitrogens is 2. The molecule has 2 atom stereocenters. The van der Waals surface area contributed by atoms with E-state index in [2.05, 4.69) is 25.5 Å². The van der Waals surface area contributed by atoms with Gasteiger partial charge in [-0.2, -0.15) is 0 Å². The lowest BCUT2D eigenvalue weighted by Crippen LogP contribution is -2.54. The summed E-state index contributed by atoms with van der Waals surface area (Å²) in [5.41, 5.74) is 0.142. The summed E-state index contributed by atoms with van der Waals surface area (Å²) in [4.78, 5) is 50.1. The molecular formula is C22H24Cl2N6O3. The molecule has 2 aromatic rings. The van der Waals surface area contributed by atoms with Crippen molar-refractivity contribution in [3.63, 3.8) is 0 Å². The molecule has 2 aliphatic rings. The summed E-state index contributed by atoms with van der Waals surface area (Å²) in [6, 6.07) is 6.63. The number of carbonyl (C=O) groups excluding carboxylic acids is 3. The van der Waals surface area contributed by atoms with Gasteiger partial charge in [0.05, 0.1) is 10.0 Å². The van der Waals surface area contributed by atoms with Crippen molar-refractivity contribution in [1.29, 1.82) is 0 Å². The molecule has 1 aromatic carbocycles. The van der Waals surface area contributed by atoms with Gasteiger partial charge in [-0.25, -0.2) is 14.8 Å². The van der Waals surface area contributed by atoms with Crippen molar-refractivity contribution in [2.45, 2.75) is 38.3 Å². The Labute approximate surface area is 201 Å². The Morgan fingerprint density at radius 3 is 2.64 bits per heavy atom. The minimum Gasteiger partial charge on any atom is -0.365 e. The molecule has 1 unspecified atom stereocenters. The SMILES string of the molecule is Cc1ccnc(C2(CCC(=O)N3CCN(c4ccc(Cl)c(Cl)c4)[C@@H](C)C3)NC(=O)NC2=O)n1. The molecule has 4 rings (SSSR count). The van der Waals surface area contributed by atoms with Gasteiger partial charge in [-0.3, -0.25) is 14.9 Å². The number of hydrogen-bond acceptors (Lipinski definition) is 6. The van der Waals surface area contributed by atoms with Gasteiger partial charge in [0.1, 0.15) is 0 Å². The fourth-order valence-corrected chi connectivity index (χ4v) is 4.57. The van der Waals surface area contributed by atoms with E-state index in [4.69, 9.17) is 23.2 Å². The van der Waals surface area contributed by atoms with Crippen molar-refractivity contribution in [2.24, 2.45) is 0 Å². The summed E-state index contributed by atoms with van der Waals surface area (Å²) in [6.45, 7) is 5.48. The molecule has 0 saturated carbocycles. The van der Waals surface area contributed by atoms with E-state index in [0.717, 1.165) is 5.69 Å². The predicted octanol–water partition coefficient (Wildman–Crippen LogP) is 2.64. The minimum atomic E-state index is -1.47. The number of urea groups is 1. The molecule has 2 N–H and O–H groups in total. The number of aryl methyl sites for hydroxylation is 1. The van der Waals surface area contributed by atoms with E-state index in [-0.39, 0.29) is 30.6 Å². The quantitative estimate of drug-likeness (QED) is 0.623. The number of nitrogens with one attached hydrogen (secondary N) is 2. The van der Waals surface area contributed by atoms with Gasteiger partial charge in [0.15, 0.2) is 11.4 Å². The number of carbonyl (C=O) groups is 3. The number of amides is 4. The largest absolute Gasteiger partial charge is 0.365 e. The van der Waals surface area contributed by atoms with Crippen LogP contribution in [0.1, 0.15) is 31.3 Å². The van der Waals surface area contributed by atoms with Gasteiger partial charge in [-0.15, -0.1) is 0 Å². The summed E-state index contributed by atoms with van der Waals surface area (Å²) in [5, 5.41) is 5.87. The average Bonchev–Trinajstić information content (AvgIpc) is 3.08. The van der Waals surface area contributed by atoms with E-state index in [1.165, 1.54) is 6.20 Å². The molecule has 9 nitrogen and oxygen atoms in total. The highest BCUT2D eigenvalue weighted by Gasteiger charge is 2.50. The predicted molar refractivity (Wildman–Crippen MR) is 124 cm³/mol. The normalized spacial score (nSPS) is 22.8. The van der Waals surface area contributed by atoms with Crippen LogP contribution in [0.15, 0.2) is 30.5 Å². The van der Waals surface area contributed by atoms with Crippen molar-refractivity contribution in [3.05, 3.63) is 52.0 Å². The van der Waals surface area contributed by atoms with Crippen LogP contribution in [-0.4, -0.2) is 58.4 Å². The maximum atomic E-state index is 13.1. The first-order valence-corrected chi connectivity index (χ1v) is 11.4. The first kappa shape index (κ1) is 23.3. The summed E-state index contributed by atoms with van der Waals surface area (Å²) in [5.74, 6) is -0.475. The van der Waals surface area contributed by atoms with Crippen LogP contribution in [0.2, 0.25) is 10.0 Å². The van der Waals surface area contributed by atoms with E-state index >= 15 is 0 Å². The van der Waals surface area contributed by atoms with Crippen LogP contribution >= 0.6 is 23.2 Å². The number of imide groups is 1. The highest BCUT2D eigenvalue weighted by atomic mass is 35.5. The summed E-state index contributed by atoms with van der Waals surface area (Å²) >= 11 is 12.2. The lowest BCUT2D eigenvalue weighted by molar-refractivity contribution is -0.133. The van der Waals surface area contributed by atoms with Crippen molar-refractivity contribution >= 4 is 46.7 Å². The summed E-state index contributed by atoms with van der Waals surface area (Å²) < 4.78 is 0. The van der Waals surface area contributed by atoms with Gasteiger partial charge in [0, 0.05) is 49.7 Å². The smallest absolute Gasteiger partial charge is 0.322 e. The number of halogens is 2. The fraction of sp³-hybridized carbons (Fsp3) is 0.409. The topological polar surface area (TPSA) is 108 Å². The summed E-state index contributed by atoms with van der Waals surface area (Å²) in [6.07, 6.45) is 1.65. The third kappa shape index (κ3) is 4.60. The molecule has 0 radical (unpaired) electrons. The van der Waals surface area contributed by atoms with E-state index in [1.807, 2.05) is 19.1 Å². The fourth-order valence-electron chi connectivity index (χ4n) is 4.28. The highest BCUT2D eigenvalue weighted by Crippen LogP contribution is 2.31. The van der Waals surface area contributed by atoms with E-state index in [9.17, 15) is 14.4 Å². The number of nitrogens with zero attached hydrogens (tertiary/aromatic N) is 4. The molecule has 2 fully saturated rings. The van der Waals surface area contributed by atoms with Crippen LogP contribution in [0.4, 0.5) is 10.5 Å². The van der Waals surface area contributed by atoms with Gasteiger partial charge in [-0.1, -0.05) is 23.2 Å². The number of anilines is 1. The number of benzene rings is 1. The molecule has 33 heavy (non-hydrogen) atoms. The van der Waals surface area contributed by atoms with Crippen molar-refractivity contribution in [2.75, 3.05) is 24.5 Å². The van der Waals surface area contributed by atoms with Crippen LogP contribution in [0, 0.1) is 6.92 Å². The lowest BCUT2D eigenvalue weighted by atomic mass is 9.91. The van der Waals surface area contributed by atoms with Gasteiger partial charge in [0.2, 0.25) is 5.91 Å². The second kappa shape index (κ2) is 9.15. The average molecular weight is 491 g/mol. The molecule has 174 valence electrons. The maximum absolute atomic E-state index is 13.1. The monoisotopic (exact) mass is 490 g/mol. The molecule has 0 bridgehead atoms. The van der Waals surface area contributed by atoms with E-state index < -0.39 is 17.5 Å². The zero-order valence-electron chi connectivity index (χ0n) is 18.3. The van der Waals surface area contributed by atoms with Crippen molar-refractivity contribution in [3.8, 4) is 0 Å². The maximum Gasteiger partial charge on any atom is 0.322 e. The van der Waals surface area contributed by atoms with Crippen molar-refractivity contribution < 1.29 is 14.4 Å². The Bertz CT molecular complexity index is 1110. The molecule has 4 amide bonds. The standard InChI is InChI=1S/C22H24Cl2N6O3/c1-13-6-8-25-19(26-13)22(20(32)27-21(33)28-22)7-5-18(31)29-9-10-30(14(2)12-29)15-3-4-16(23)17(24)11-15/h3-4,6,8,11,14H,5,7,9-10,12H2,1-2H3,(H2,27,28,32,33)/t14-,22?/m0/s1. The van der Waals surface area contributed by atoms with Gasteiger partial charge < -0.3 is 15.1 Å². The molecular weight excluding hydrogens is 467 g/mol. The third-order valence-corrected chi connectivity index (χ3v) is 6.79. The minimum absolute atomic E-state index is 0.0588. The Morgan fingerprint density at radius 2 is 2.00 bits per heavy atom. The van der Waals surface area contributed by atoms with Crippen LogP contribution in [0.25, 0.3) is 0 Å². The zero-order valence-corrected chi connectivity index (χ0v) is 19.8. The number of piperazine rings is 1. The Kier molecular flexibility index (Phi) is 6.45. The number of hydrogen-bond donors (Lipinski definition) is 2. The molecule has 2 saturated heterocycles. The summed E-state index contributed by atoms with van der Waals surface area (Å²) in [7, 11) is 0. The first-order valence-electron chi connectivity index (χ1n) is 10.6. The molecule has 3 heterocycles. The van der Waals surface area contributed by atoms with Gasteiger partial charge in [-0.05, 0) is 44.5 Å². The van der Waals surface area contributed by atoms with Crippen LogP contribution < -0.4 is 15.5 Å². The van der Waals surface area contributed by atoms with Gasteiger partial charge >= 0.3 is 6.03 Å².